The molecule has 0 radical (unpaired) electrons. The molecule has 122 valence electrons. The van der Waals surface area contributed by atoms with Gasteiger partial charge in [-0.3, -0.25) is 4.79 Å². The molecule has 24 heavy (non-hydrogen) atoms. The maximum atomic E-state index is 12.1. The SMILES string of the molecule is N#Cc1ccccc1OCC(=O)Nc1cc2c(cc1Cl)OCCO2. The predicted molar refractivity (Wildman–Crippen MR) is 87.7 cm³/mol. The molecule has 0 saturated carbocycles. The Labute approximate surface area is 143 Å². The van der Waals surface area contributed by atoms with E-state index in [0.717, 1.165) is 0 Å². The number of rotatable bonds is 4. The summed E-state index contributed by atoms with van der Waals surface area (Å²) in [6, 6.07) is 11.9. The van der Waals surface area contributed by atoms with Crippen LogP contribution in [-0.2, 0) is 4.79 Å². The van der Waals surface area contributed by atoms with Gasteiger partial charge in [0.25, 0.3) is 5.91 Å². The largest absolute Gasteiger partial charge is 0.486 e. The quantitative estimate of drug-likeness (QED) is 0.922. The van der Waals surface area contributed by atoms with Crippen molar-refractivity contribution in [1.29, 1.82) is 5.26 Å². The Hall–Kier alpha value is -2.91. The van der Waals surface area contributed by atoms with E-state index in [1.165, 1.54) is 0 Å². The van der Waals surface area contributed by atoms with E-state index in [1.807, 2.05) is 6.07 Å². The van der Waals surface area contributed by atoms with Crippen LogP contribution in [0.1, 0.15) is 5.56 Å². The highest BCUT2D eigenvalue weighted by atomic mass is 35.5. The molecular weight excluding hydrogens is 332 g/mol. The third-order valence-corrected chi connectivity index (χ3v) is 3.58. The summed E-state index contributed by atoms with van der Waals surface area (Å²) >= 11 is 6.14. The average Bonchev–Trinajstić information content (AvgIpc) is 2.61. The second kappa shape index (κ2) is 7.11. The molecular formula is C17H13ClN2O4. The number of nitriles is 1. The first-order chi connectivity index (χ1) is 11.7. The van der Waals surface area contributed by atoms with E-state index < -0.39 is 5.91 Å². The van der Waals surface area contributed by atoms with Gasteiger partial charge in [0.15, 0.2) is 18.1 Å². The number of halogens is 1. The minimum absolute atomic E-state index is 0.247. The topological polar surface area (TPSA) is 80.6 Å². The van der Waals surface area contributed by atoms with Crippen molar-refractivity contribution < 1.29 is 19.0 Å². The number of fused-ring (bicyclic) bond motifs is 1. The number of hydrogen-bond acceptors (Lipinski definition) is 5. The summed E-state index contributed by atoms with van der Waals surface area (Å²) in [7, 11) is 0. The molecule has 1 N–H and O–H groups in total. The Kier molecular flexibility index (Phi) is 4.73. The molecule has 1 amide bonds. The van der Waals surface area contributed by atoms with Gasteiger partial charge in [-0.2, -0.15) is 5.26 Å². The molecule has 7 heteroatoms. The number of hydrogen-bond donors (Lipinski definition) is 1. The van der Waals surface area contributed by atoms with Crippen LogP contribution in [0.4, 0.5) is 5.69 Å². The van der Waals surface area contributed by atoms with Gasteiger partial charge < -0.3 is 19.5 Å². The molecule has 0 aliphatic carbocycles. The number of benzene rings is 2. The number of carbonyl (C=O) groups excluding carboxylic acids is 1. The Bertz CT molecular complexity index is 817. The van der Waals surface area contributed by atoms with Gasteiger partial charge in [0.2, 0.25) is 0 Å². The van der Waals surface area contributed by atoms with Crippen LogP contribution in [0.5, 0.6) is 17.2 Å². The molecule has 0 bridgehead atoms. The summed E-state index contributed by atoms with van der Waals surface area (Å²) in [6.45, 7) is 0.653. The minimum Gasteiger partial charge on any atom is -0.486 e. The highest BCUT2D eigenvalue weighted by Crippen LogP contribution is 2.37. The predicted octanol–water partition coefficient (Wildman–Crippen LogP) is 3.00. The zero-order valence-corrected chi connectivity index (χ0v) is 13.3. The summed E-state index contributed by atoms with van der Waals surface area (Å²) in [6.07, 6.45) is 0. The van der Waals surface area contributed by atoms with Crippen LogP contribution >= 0.6 is 11.6 Å². The normalized spacial score (nSPS) is 12.2. The fraction of sp³-hybridized carbons (Fsp3) is 0.176. The van der Waals surface area contributed by atoms with E-state index >= 15 is 0 Å². The van der Waals surface area contributed by atoms with Crippen LogP contribution in [0.3, 0.4) is 0 Å². The van der Waals surface area contributed by atoms with Gasteiger partial charge in [-0.15, -0.1) is 0 Å². The molecule has 3 rings (SSSR count). The molecule has 1 aliphatic rings. The first-order valence-electron chi connectivity index (χ1n) is 7.18. The monoisotopic (exact) mass is 344 g/mol. The molecule has 1 aliphatic heterocycles. The van der Waals surface area contributed by atoms with E-state index in [9.17, 15) is 4.79 Å². The maximum Gasteiger partial charge on any atom is 0.262 e. The molecule has 0 aromatic heterocycles. The van der Waals surface area contributed by atoms with Crippen LogP contribution < -0.4 is 19.5 Å². The molecule has 0 atom stereocenters. The molecule has 0 saturated heterocycles. The standard InChI is InChI=1S/C17H13ClN2O4/c18-12-7-15-16(23-6-5-22-15)8-13(12)20-17(21)10-24-14-4-2-1-3-11(14)9-19/h1-4,7-8H,5-6,10H2,(H,20,21). The smallest absolute Gasteiger partial charge is 0.262 e. The summed E-state index contributed by atoms with van der Waals surface area (Å²) in [5.74, 6) is 1.02. The molecule has 2 aromatic carbocycles. The minimum atomic E-state index is -0.402. The van der Waals surface area contributed by atoms with Crippen molar-refractivity contribution in [1.82, 2.24) is 0 Å². The van der Waals surface area contributed by atoms with Crippen molar-refractivity contribution >= 4 is 23.2 Å². The molecule has 0 spiro atoms. The highest BCUT2D eigenvalue weighted by Gasteiger charge is 2.16. The highest BCUT2D eigenvalue weighted by molar-refractivity contribution is 6.34. The lowest BCUT2D eigenvalue weighted by Gasteiger charge is -2.20. The van der Waals surface area contributed by atoms with Crippen molar-refractivity contribution in [2.45, 2.75) is 0 Å². The average molecular weight is 345 g/mol. The zero-order chi connectivity index (χ0) is 16.9. The van der Waals surface area contributed by atoms with Crippen molar-refractivity contribution in [3.05, 3.63) is 47.0 Å². The van der Waals surface area contributed by atoms with Gasteiger partial charge in [0, 0.05) is 12.1 Å². The second-order valence-electron chi connectivity index (χ2n) is 4.92. The summed E-state index contributed by atoms with van der Waals surface area (Å²) in [4.78, 5) is 12.1. The van der Waals surface area contributed by atoms with Crippen LogP contribution in [-0.4, -0.2) is 25.7 Å². The first-order valence-corrected chi connectivity index (χ1v) is 7.56. The van der Waals surface area contributed by atoms with Crippen molar-refractivity contribution in [3.8, 4) is 23.3 Å². The fourth-order valence-corrected chi connectivity index (χ4v) is 2.38. The van der Waals surface area contributed by atoms with Crippen LogP contribution in [0, 0.1) is 11.3 Å². The van der Waals surface area contributed by atoms with Crippen molar-refractivity contribution in [2.75, 3.05) is 25.1 Å². The number of anilines is 1. The van der Waals surface area contributed by atoms with E-state index in [0.29, 0.717) is 46.7 Å². The molecule has 6 nitrogen and oxygen atoms in total. The van der Waals surface area contributed by atoms with Gasteiger partial charge in [-0.25, -0.2) is 0 Å². The Morgan fingerprint density at radius 2 is 1.96 bits per heavy atom. The summed E-state index contributed by atoms with van der Waals surface area (Å²) in [5.41, 5.74) is 0.769. The first kappa shape index (κ1) is 16.0. The lowest BCUT2D eigenvalue weighted by atomic mass is 10.2. The van der Waals surface area contributed by atoms with Gasteiger partial charge in [-0.05, 0) is 12.1 Å². The van der Waals surface area contributed by atoms with Crippen LogP contribution in [0.2, 0.25) is 5.02 Å². The zero-order valence-electron chi connectivity index (χ0n) is 12.5. The number of nitrogens with one attached hydrogen (secondary N) is 1. The Balaban J connectivity index is 1.66. The van der Waals surface area contributed by atoms with E-state index in [-0.39, 0.29) is 6.61 Å². The number of para-hydroxylation sites is 1. The summed E-state index contributed by atoms with van der Waals surface area (Å²) < 4.78 is 16.3. The maximum absolute atomic E-state index is 12.1. The van der Waals surface area contributed by atoms with Gasteiger partial charge >= 0.3 is 0 Å². The van der Waals surface area contributed by atoms with E-state index in [1.54, 1.807) is 36.4 Å². The van der Waals surface area contributed by atoms with Gasteiger partial charge in [-0.1, -0.05) is 23.7 Å². The number of carbonyl (C=O) groups is 1. The van der Waals surface area contributed by atoms with E-state index in [4.69, 9.17) is 31.1 Å². The second-order valence-corrected chi connectivity index (χ2v) is 5.33. The third-order valence-electron chi connectivity index (χ3n) is 3.27. The summed E-state index contributed by atoms with van der Waals surface area (Å²) in [5, 5.41) is 12.0. The van der Waals surface area contributed by atoms with Gasteiger partial charge in [0.1, 0.15) is 25.0 Å². The molecule has 0 fully saturated rings. The fourth-order valence-electron chi connectivity index (χ4n) is 2.17. The Morgan fingerprint density at radius 1 is 1.25 bits per heavy atom. The molecule has 1 heterocycles. The van der Waals surface area contributed by atoms with Crippen molar-refractivity contribution in [2.24, 2.45) is 0 Å². The lowest BCUT2D eigenvalue weighted by Crippen LogP contribution is -2.21. The number of amides is 1. The molecule has 2 aromatic rings. The van der Waals surface area contributed by atoms with Gasteiger partial charge in [0.05, 0.1) is 16.3 Å². The number of ether oxygens (including phenoxy) is 3. The van der Waals surface area contributed by atoms with Crippen LogP contribution in [0.25, 0.3) is 0 Å². The third kappa shape index (κ3) is 3.53. The van der Waals surface area contributed by atoms with Crippen molar-refractivity contribution in [3.63, 3.8) is 0 Å². The van der Waals surface area contributed by atoms with E-state index in [2.05, 4.69) is 5.32 Å². The Morgan fingerprint density at radius 3 is 2.71 bits per heavy atom. The number of nitrogens with zero attached hydrogens (tertiary/aromatic N) is 1. The van der Waals surface area contributed by atoms with Crippen LogP contribution in [0.15, 0.2) is 36.4 Å². The molecule has 0 unspecified atom stereocenters. The lowest BCUT2D eigenvalue weighted by molar-refractivity contribution is -0.118.